The summed E-state index contributed by atoms with van der Waals surface area (Å²) in [5.41, 5.74) is -0.0519. The number of ether oxygens (including phenoxy) is 1. The molecule has 33 heavy (non-hydrogen) atoms. The molecule has 2 aliphatic rings. The molecule has 0 saturated carbocycles. The van der Waals surface area contributed by atoms with Crippen molar-refractivity contribution in [3.05, 3.63) is 57.9 Å². The van der Waals surface area contributed by atoms with Crippen molar-refractivity contribution in [1.29, 1.82) is 0 Å². The van der Waals surface area contributed by atoms with E-state index in [1.54, 1.807) is 4.90 Å². The zero-order valence-electron chi connectivity index (χ0n) is 17.8. The number of nitrogens with one attached hydrogen (secondary N) is 1. The summed E-state index contributed by atoms with van der Waals surface area (Å²) in [6.45, 7) is 5.47. The molecule has 4 rings (SSSR count). The number of nitrogens with zero attached hydrogens (tertiary/aromatic N) is 4. The highest BCUT2D eigenvalue weighted by atomic mass is 35.5. The van der Waals surface area contributed by atoms with Gasteiger partial charge in [-0.15, -0.1) is 4.91 Å². The van der Waals surface area contributed by atoms with E-state index in [0.717, 1.165) is 6.07 Å². The molecule has 1 fully saturated rings. The van der Waals surface area contributed by atoms with Crippen LogP contribution >= 0.6 is 11.6 Å². The van der Waals surface area contributed by atoms with E-state index in [0.29, 0.717) is 31.7 Å². The van der Waals surface area contributed by atoms with Crippen LogP contribution in [0.3, 0.4) is 0 Å². The monoisotopic (exact) mass is 473 g/mol. The van der Waals surface area contributed by atoms with Gasteiger partial charge >= 0.3 is 0 Å². The van der Waals surface area contributed by atoms with Crippen LogP contribution in [0.25, 0.3) is 11.3 Å². The van der Waals surface area contributed by atoms with E-state index in [1.165, 1.54) is 25.3 Å². The molecule has 0 unspecified atom stereocenters. The number of piperazine rings is 1. The Morgan fingerprint density at radius 2 is 2.18 bits per heavy atom. The predicted octanol–water partition coefficient (Wildman–Crippen LogP) is 2.89. The molecule has 2 aromatic rings. The molecule has 3 heterocycles. The minimum absolute atomic E-state index is 0.0113. The standard InChI is InChI=1S/C22H21ClFN5O4/c1-3-16(30)29-8-7-28-10-13-19(22(31)25-2)26-20(17-14(24)5-4-6-15(17)27-32)18(23)21(13)33-11-12(28)9-29/h3-6,12H,1,7-11H2,2H3,(H,25,31)/t12-/m1/s1. The lowest BCUT2D eigenvalue weighted by Gasteiger charge is -2.39. The molecule has 0 aliphatic carbocycles. The highest BCUT2D eigenvalue weighted by Gasteiger charge is 2.36. The summed E-state index contributed by atoms with van der Waals surface area (Å²) < 4.78 is 20.8. The second-order valence-electron chi connectivity index (χ2n) is 7.66. The van der Waals surface area contributed by atoms with Gasteiger partial charge in [0.15, 0.2) is 0 Å². The number of halogens is 2. The van der Waals surface area contributed by atoms with Crippen LogP contribution in [-0.4, -0.2) is 65.9 Å². The molecule has 0 bridgehead atoms. The molecule has 9 nitrogen and oxygen atoms in total. The lowest BCUT2D eigenvalue weighted by molar-refractivity contribution is -0.129. The third-order valence-corrected chi connectivity index (χ3v) is 6.18. The first-order valence-corrected chi connectivity index (χ1v) is 10.6. The van der Waals surface area contributed by atoms with E-state index in [9.17, 15) is 18.9 Å². The lowest BCUT2D eigenvalue weighted by Crippen LogP contribution is -2.55. The first-order valence-electron chi connectivity index (χ1n) is 10.2. The van der Waals surface area contributed by atoms with Crippen molar-refractivity contribution in [1.82, 2.24) is 20.1 Å². The number of hydrogen-bond acceptors (Lipinski definition) is 7. The van der Waals surface area contributed by atoms with Crippen molar-refractivity contribution < 1.29 is 18.7 Å². The number of benzene rings is 1. The third-order valence-electron chi connectivity index (χ3n) is 5.83. The number of carbonyl (C=O) groups is 2. The zero-order valence-corrected chi connectivity index (χ0v) is 18.6. The van der Waals surface area contributed by atoms with E-state index in [1.807, 2.05) is 0 Å². The molecule has 1 aromatic heterocycles. The van der Waals surface area contributed by atoms with Gasteiger partial charge in [0.2, 0.25) is 5.91 Å². The number of fused-ring (bicyclic) bond motifs is 2. The lowest BCUT2D eigenvalue weighted by atomic mass is 10.0. The summed E-state index contributed by atoms with van der Waals surface area (Å²) in [5, 5.41) is 5.39. The summed E-state index contributed by atoms with van der Waals surface area (Å²) in [7, 11) is 1.45. The second kappa shape index (κ2) is 9.24. The maximum atomic E-state index is 14.7. The highest BCUT2D eigenvalue weighted by molar-refractivity contribution is 6.35. The predicted molar refractivity (Wildman–Crippen MR) is 120 cm³/mol. The van der Waals surface area contributed by atoms with Crippen molar-refractivity contribution in [2.45, 2.75) is 12.6 Å². The van der Waals surface area contributed by atoms with Crippen molar-refractivity contribution in [2.24, 2.45) is 5.18 Å². The number of hydrogen-bond donors (Lipinski definition) is 1. The van der Waals surface area contributed by atoms with Gasteiger partial charge in [-0.2, -0.15) is 0 Å². The van der Waals surface area contributed by atoms with Gasteiger partial charge in [-0.1, -0.05) is 24.2 Å². The Kier molecular flexibility index (Phi) is 6.39. The van der Waals surface area contributed by atoms with Crippen LogP contribution in [0.2, 0.25) is 5.02 Å². The first kappa shape index (κ1) is 22.8. The van der Waals surface area contributed by atoms with Gasteiger partial charge in [0, 0.05) is 38.8 Å². The minimum Gasteiger partial charge on any atom is -0.490 e. The van der Waals surface area contributed by atoms with Crippen molar-refractivity contribution in [2.75, 3.05) is 33.3 Å². The number of rotatable bonds is 4. The van der Waals surface area contributed by atoms with Gasteiger partial charge in [-0.3, -0.25) is 14.5 Å². The number of aromatic nitrogens is 1. The number of pyridine rings is 1. The van der Waals surface area contributed by atoms with Crippen molar-refractivity contribution in [3.8, 4) is 17.0 Å². The molecule has 0 spiro atoms. The van der Waals surface area contributed by atoms with E-state index >= 15 is 0 Å². The Morgan fingerprint density at radius 1 is 1.39 bits per heavy atom. The maximum absolute atomic E-state index is 14.7. The van der Waals surface area contributed by atoms with Crippen molar-refractivity contribution in [3.63, 3.8) is 0 Å². The summed E-state index contributed by atoms with van der Waals surface area (Å²) >= 11 is 6.63. The fraction of sp³-hybridized carbons (Fsp3) is 0.318. The molecule has 172 valence electrons. The molecule has 1 aromatic carbocycles. The average Bonchev–Trinajstić information content (AvgIpc) is 3.03. The number of nitroso groups, excluding NO2 is 1. The van der Waals surface area contributed by atoms with Crippen LogP contribution in [0.4, 0.5) is 10.1 Å². The van der Waals surface area contributed by atoms with Gasteiger partial charge in [0.1, 0.15) is 34.6 Å². The van der Waals surface area contributed by atoms with Crippen LogP contribution in [0.15, 0.2) is 36.0 Å². The smallest absolute Gasteiger partial charge is 0.270 e. The maximum Gasteiger partial charge on any atom is 0.270 e. The summed E-state index contributed by atoms with van der Waals surface area (Å²) in [6, 6.07) is 3.67. The topological polar surface area (TPSA) is 104 Å². The SMILES string of the molecule is C=CC(=O)N1CCN2Cc3c(C(=O)NC)nc(-c4c(F)cccc4N=O)c(Cl)c3OC[C@H]2C1. The van der Waals surface area contributed by atoms with Gasteiger partial charge < -0.3 is 15.0 Å². The minimum atomic E-state index is -0.756. The van der Waals surface area contributed by atoms with Crippen LogP contribution in [0.1, 0.15) is 16.1 Å². The third kappa shape index (κ3) is 4.07. The van der Waals surface area contributed by atoms with E-state index < -0.39 is 11.7 Å². The van der Waals surface area contributed by atoms with E-state index in [4.69, 9.17) is 16.3 Å². The Hall–Kier alpha value is -3.37. The van der Waals surface area contributed by atoms with E-state index in [2.05, 4.69) is 27.0 Å². The van der Waals surface area contributed by atoms with Gasteiger partial charge in [0.25, 0.3) is 5.91 Å². The Labute approximate surface area is 194 Å². The highest BCUT2D eigenvalue weighted by Crippen LogP contribution is 2.44. The molecule has 11 heteroatoms. The van der Waals surface area contributed by atoms with E-state index in [-0.39, 0.29) is 52.0 Å². The van der Waals surface area contributed by atoms with Crippen LogP contribution in [0, 0.1) is 10.7 Å². The normalized spacial score (nSPS) is 17.8. The fourth-order valence-electron chi connectivity index (χ4n) is 4.14. The Balaban J connectivity index is 1.83. The first-order chi connectivity index (χ1) is 15.9. The quantitative estimate of drug-likeness (QED) is 0.541. The van der Waals surface area contributed by atoms with Crippen molar-refractivity contribution >= 4 is 29.1 Å². The largest absolute Gasteiger partial charge is 0.490 e. The Bertz CT molecular complexity index is 1160. The molecule has 0 radical (unpaired) electrons. The molecule has 2 aliphatic heterocycles. The summed E-state index contributed by atoms with van der Waals surface area (Å²) in [5.74, 6) is -1.24. The number of amides is 2. The van der Waals surface area contributed by atoms with Crippen LogP contribution in [0.5, 0.6) is 5.75 Å². The van der Waals surface area contributed by atoms with Crippen LogP contribution in [-0.2, 0) is 11.3 Å². The molecular formula is C22H21ClFN5O4. The molecule has 1 saturated heterocycles. The summed E-state index contributed by atoms with van der Waals surface area (Å²) in [6.07, 6.45) is 1.27. The fourth-order valence-corrected chi connectivity index (χ4v) is 4.44. The summed E-state index contributed by atoms with van der Waals surface area (Å²) in [4.78, 5) is 44.3. The second-order valence-corrected chi connectivity index (χ2v) is 8.04. The van der Waals surface area contributed by atoms with Gasteiger partial charge in [0.05, 0.1) is 17.3 Å². The van der Waals surface area contributed by atoms with Crippen LogP contribution < -0.4 is 10.1 Å². The number of carbonyl (C=O) groups excluding carboxylic acids is 2. The Morgan fingerprint density at radius 3 is 2.88 bits per heavy atom. The van der Waals surface area contributed by atoms with Gasteiger partial charge in [-0.05, 0) is 23.4 Å². The average molecular weight is 474 g/mol. The molecular weight excluding hydrogens is 453 g/mol. The molecule has 1 atom stereocenters. The molecule has 1 N–H and O–H groups in total. The molecule has 2 amide bonds. The van der Waals surface area contributed by atoms with Gasteiger partial charge in [-0.25, -0.2) is 9.37 Å². The zero-order chi connectivity index (χ0) is 23.7.